The Morgan fingerprint density at radius 1 is 0.935 bits per heavy atom. The van der Waals surface area contributed by atoms with Gasteiger partial charge in [0.1, 0.15) is 6.61 Å². The van der Waals surface area contributed by atoms with Crippen molar-refractivity contribution in [1.29, 1.82) is 0 Å². The van der Waals surface area contributed by atoms with Gasteiger partial charge in [-0.05, 0) is 24.1 Å². The summed E-state index contributed by atoms with van der Waals surface area (Å²) in [6.07, 6.45) is -1.51. The summed E-state index contributed by atoms with van der Waals surface area (Å²) in [6.45, 7) is -0.754. The molecule has 0 bridgehead atoms. The molecule has 0 unspecified atom stereocenters. The molecule has 0 aromatic heterocycles. The number of carboxylic acids is 1. The molecule has 0 aliphatic carbocycles. The number of benzene rings is 2. The van der Waals surface area contributed by atoms with Gasteiger partial charge in [0.05, 0.1) is 21.7 Å². The summed E-state index contributed by atoms with van der Waals surface area (Å²) >= 11 is 11.9. The second-order valence-corrected chi connectivity index (χ2v) is 7.14. The van der Waals surface area contributed by atoms with Crippen LogP contribution in [-0.4, -0.2) is 41.6 Å². The van der Waals surface area contributed by atoms with E-state index in [9.17, 15) is 19.2 Å². The van der Waals surface area contributed by atoms with Gasteiger partial charge in [-0.2, -0.15) is 0 Å². The average molecular weight is 468 g/mol. The minimum atomic E-state index is -1.23. The van der Waals surface area contributed by atoms with Crippen LogP contribution in [0.15, 0.2) is 48.5 Å². The maximum absolute atomic E-state index is 12.5. The van der Waals surface area contributed by atoms with Crippen LogP contribution in [0.1, 0.15) is 28.8 Å². The van der Waals surface area contributed by atoms with E-state index in [1.165, 1.54) is 12.1 Å². The second-order valence-electron chi connectivity index (χ2n) is 6.33. The van der Waals surface area contributed by atoms with E-state index in [4.69, 9.17) is 37.8 Å². The first-order valence-corrected chi connectivity index (χ1v) is 9.86. The van der Waals surface area contributed by atoms with Crippen molar-refractivity contribution in [3.05, 3.63) is 69.7 Å². The van der Waals surface area contributed by atoms with Crippen LogP contribution in [-0.2, 0) is 25.7 Å². The zero-order valence-corrected chi connectivity index (χ0v) is 17.7. The fourth-order valence-corrected chi connectivity index (χ4v) is 3.04. The van der Waals surface area contributed by atoms with Gasteiger partial charge >= 0.3 is 18.0 Å². The molecule has 0 aliphatic rings. The Kier molecular flexibility index (Phi) is 9.30. The van der Waals surface area contributed by atoms with Crippen molar-refractivity contribution in [2.45, 2.75) is 25.5 Å². The summed E-state index contributed by atoms with van der Waals surface area (Å²) < 4.78 is 10.0. The van der Waals surface area contributed by atoms with Crippen molar-refractivity contribution >= 4 is 47.0 Å². The molecule has 2 N–H and O–H groups in total. The zero-order chi connectivity index (χ0) is 22.8. The Labute approximate surface area is 188 Å². The first-order valence-electron chi connectivity index (χ1n) is 9.10. The summed E-state index contributed by atoms with van der Waals surface area (Å²) in [4.78, 5) is 47.6. The molecule has 0 saturated carbocycles. The van der Waals surface area contributed by atoms with Crippen molar-refractivity contribution in [2.24, 2.45) is 0 Å². The lowest BCUT2D eigenvalue weighted by Gasteiger charge is -2.17. The predicted octanol–water partition coefficient (Wildman–Crippen LogP) is 3.88. The molecule has 10 heteroatoms. The first-order chi connectivity index (χ1) is 14.8. The van der Waals surface area contributed by atoms with Crippen molar-refractivity contribution in [3.8, 4) is 0 Å². The van der Waals surface area contributed by atoms with Gasteiger partial charge in [0.25, 0.3) is 0 Å². The second kappa shape index (κ2) is 11.9. The quantitative estimate of drug-likeness (QED) is 0.508. The van der Waals surface area contributed by atoms with E-state index in [0.29, 0.717) is 0 Å². The highest BCUT2D eigenvalue weighted by atomic mass is 35.5. The molecule has 0 fully saturated rings. The van der Waals surface area contributed by atoms with Gasteiger partial charge in [0.15, 0.2) is 12.4 Å². The van der Waals surface area contributed by atoms with Crippen LogP contribution in [0.25, 0.3) is 0 Å². The van der Waals surface area contributed by atoms with E-state index in [1.54, 1.807) is 36.4 Å². The number of alkyl carbamates (subject to hydrolysis) is 1. The number of halogens is 2. The molecule has 2 aromatic rings. The molecule has 0 saturated heterocycles. The minimum absolute atomic E-state index is 0.0352. The molecular weight excluding hydrogens is 449 g/mol. The van der Waals surface area contributed by atoms with E-state index in [0.717, 1.165) is 5.56 Å². The third-order valence-electron chi connectivity index (χ3n) is 4.05. The number of carbonyl (C=O) groups excluding carboxylic acids is 3. The van der Waals surface area contributed by atoms with Gasteiger partial charge in [-0.1, -0.05) is 59.6 Å². The number of carbonyl (C=O) groups is 4. The van der Waals surface area contributed by atoms with E-state index in [2.05, 4.69) is 5.32 Å². The molecule has 8 nitrogen and oxygen atoms in total. The molecule has 0 spiro atoms. The lowest BCUT2D eigenvalue weighted by atomic mass is 10.1. The van der Waals surface area contributed by atoms with Gasteiger partial charge in [-0.15, -0.1) is 0 Å². The van der Waals surface area contributed by atoms with Crippen LogP contribution < -0.4 is 5.32 Å². The maximum Gasteiger partial charge on any atom is 0.408 e. The highest BCUT2D eigenvalue weighted by molar-refractivity contribution is 6.39. The number of nitrogens with one attached hydrogen (secondary N) is 1. The van der Waals surface area contributed by atoms with Crippen molar-refractivity contribution in [3.63, 3.8) is 0 Å². The number of esters is 1. The fraction of sp³-hybridized carbons (Fsp3) is 0.238. The van der Waals surface area contributed by atoms with Gasteiger partial charge < -0.3 is 19.9 Å². The summed E-state index contributed by atoms with van der Waals surface area (Å²) in [5, 5.41) is 11.3. The molecule has 2 rings (SSSR count). The normalized spacial score (nSPS) is 11.3. The number of aliphatic carboxylic acids is 1. The maximum atomic E-state index is 12.5. The van der Waals surface area contributed by atoms with Crippen LogP contribution in [0.3, 0.4) is 0 Å². The third-order valence-corrected chi connectivity index (χ3v) is 4.68. The van der Waals surface area contributed by atoms with Gasteiger partial charge in [-0.25, -0.2) is 9.59 Å². The van der Waals surface area contributed by atoms with Gasteiger partial charge in [0.2, 0.25) is 0 Å². The number of hydrogen-bond donors (Lipinski definition) is 2. The van der Waals surface area contributed by atoms with Crippen LogP contribution in [0.2, 0.25) is 10.0 Å². The van der Waals surface area contributed by atoms with Crippen molar-refractivity contribution in [1.82, 2.24) is 5.32 Å². The summed E-state index contributed by atoms with van der Waals surface area (Å²) in [5.41, 5.74) is 0.632. The fourth-order valence-electron chi connectivity index (χ4n) is 2.49. The first kappa shape index (κ1) is 24.2. The van der Waals surface area contributed by atoms with E-state index < -0.39 is 36.5 Å². The smallest absolute Gasteiger partial charge is 0.408 e. The number of ketones is 1. The molecule has 0 heterocycles. The zero-order valence-electron chi connectivity index (χ0n) is 16.2. The van der Waals surface area contributed by atoms with Crippen molar-refractivity contribution in [2.75, 3.05) is 6.61 Å². The Hall–Kier alpha value is -3.10. The Morgan fingerprint density at radius 3 is 2.19 bits per heavy atom. The van der Waals surface area contributed by atoms with Crippen LogP contribution in [0.5, 0.6) is 0 Å². The standard InChI is InChI=1S/C21H19Cl2NO7/c22-14-7-4-8-15(23)19(14)20(28)30-12-17(25)16(9-10-18(26)27)24-21(29)31-11-13-5-2-1-3-6-13/h1-8,16H,9-12H2,(H,24,29)(H,26,27)/t16-/m0/s1. The number of Topliss-reactive ketones (excluding diaryl/α,β-unsaturated/α-hetero) is 1. The van der Waals surface area contributed by atoms with Gasteiger partial charge in [0, 0.05) is 6.42 Å². The van der Waals surface area contributed by atoms with E-state index in [1.807, 2.05) is 0 Å². The molecular formula is C21H19Cl2NO7. The molecule has 31 heavy (non-hydrogen) atoms. The highest BCUT2D eigenvalue weighted by Crippen LogP contribution is 2.25. The largest absolute Gasteiger partial charge is 0.481 e. The molecule has 1 amide bonds. The third kappa shape index (κ3) is 7.92. The number of amides is 1. The van der Waals surface area contributed by atoms with Crippen LogP contribution in [0, 0.1) is 0 Å². The Balaban J connectivity index is 1.96. The number of carboxylic acid groups (broad SMARTS) is 1. The van der Waals surface area contributed by atoms with Gasteiger partial charge in [-0.3, -0.25) is 9.59 Å². The summed E-state index contributed by atoms with van der Waals surface area (Å²) in [6, 6.07) is 12.0. The van der Waals surface area contributed by atoms with E-state index in [-0.39, 0.29) is 35.1 Å². The average Bonchev–Trinajstić information content (AvgIpc) is 2.74. The Morgan fingerprint density at radius 2 is 1.58 bits per heavy atom. The number of ether oxygens (including phenoxy) is 2. The number of hydrogen-bond acceptors (Lipinski definition) is 6. The van der Waals surface area contributed by atoms with Crippen LogP contribution >= 0.6 is 23.2 Å². The lowest BCUT2D eigenvalue weighted by Crippen LogP contribution is -2.43. The SMILES string of the molecule is O=C(O)CC[C@H](NC(=O)OCc1ccccc1)C(=O)COC(=O)c1c(Cl)cccc1Cl. The highest BCUT2D eigenvalue weighted by Gasteiger charge is 2.25. The molecule has 164 valence electrons. The molecule has 0 aliphatic heterocycles. The van der Waals surface area contributed by atoms with Crippen LogP contribution in [0.4, 0.5) is 4.79 Å². The topological polar surface area (TPSA) is 119 Å². The molecule has 1 atom stereocenters. The molecule has 0 radical (unpaired) electrons. The predicted molar refractivity (Wildman–Crippen MR) is 112 cm³/mol. The molecule has 2 aromatic carbocycles. The monoisotopic (exact) mass is 467 g/mol. The summed E-state index contributed by atoms with van der Waals surface area (Å²) in [7, 11) is 0. The number of rotatable bonds is 10. The van der Waals surface area contributed by atoms with E-state index >= 15 is 0 Å². The lowest BCUT2D eigenvalue weighted by molar-refractivity contribution is -0.137. The minimum Gasteiger partial charge on any atom is -0.481 e. The summed E-state index contributed by atoms with van der Waals surface area (Å²) in [5.74, 6) is -2.79. The van der Waals surface area contributed by atoms with Crippen molar-refractivity contribution < 1.29 is 33.8 Å². The Bertz CT molecular complexity index is 930.